The Balaban J connectivity index is 2.38. The molecule has 0 aliphatic carbocycles. The molecule has 1 amide bonds. The van der Waals surface area contributed by atoms with Gasteiger partial charge in [-0.2, -0.15) is 4.72 Å². The molecule has 7 heteroatoms. The standard InChI is InChI=1S/C20H26N2O4S/c1-14(2)16-10-11-18(26-4)19(13-16)27(24,25)22-17(20(23)21-3)12-15-8-6-5-7-9-15/h5-11,13-14,17,22H,12H2,1-4H3,(H,21,23). The lowest BCUT2D eigenvalue weighted by Crippen LogP contribution is -2.47. The third-order valence-electron chi connectivity index (χ3n) is 4.29. The number of hydrogen-bond donors (Lipinski definition) is 2. The molecule has 2 aromatic carbocycles. The minimum absolute atomic E-state index is 0.0261. The molecule has 0 saturated heterocycles. The van der Waals surface area contributed by atoms with Crippen molar-refractivity contribution in [2.24, 2.45) is 0 Å². The van der Waals surface area contributed by atoms with Crippen LogP contribution < -0.4 is 14.8 Å². The summed E-state index contributed by atoms with van der Waals surface area (Å²) in [6, 6.07) is 13.4. The van der Waals surface area contributed by atoms with Crippen molar-refractivity contribution >= 4 is 15.9 Å². The van der Waals surface area contributed by atoms with Gasteiger partial charge >= 0.3 is 0 Å². The van der Waals surface area contributed by atoms with E-state index in [0.717, 1.165) is 11.1 Å². The Hall–Kier alpha value is -2.38. The first-order valence-electron chi connectivity index (χ1n) is 8.74. The highest BCUT2D eigenvalue weighted by atomic mass is 32.2. The molecular weight excluding hydrogens is 364 g/mol. The number of likely N-dealkylation sites (N-methyl/N-ethyl adjacent to an activating group) is 1. The van der Waals surface area contributed by atoms with Gasteiger partial charge in [0.05, 0.1) is 7.11 Å². The lowest BCUT2D eigenvalue weighted by atomic mass is 10.0. The minimum atomic E-state index is -3.97. The number of sulfonamides is 1. The summed E-state index contributed by atoms with van der Waals surface area (Å²) in [5.41, 5.74) is 1.73. The topological polar surface area (TPSA) is 84.5 Å². The number of ether oxygens (including phenoxy) is 1. The molecule has 6 nitrogen and oxygen atoms in total. The molecule has 0 bridgehead atoms. The maximum Gasteiger partial charge on any atom is 0.245 e. The molecule has 0 saturated carbocycles. The van der Waals surface area contributed by atoms with Crippen LogP contribution in [-0.4, -0.2) is 34.5 Å². The van der Waals surface area contributed by atoms with E-state index in [2.05, 4.69) is 10.0 Å². The maximum atomic E-state index is 13.0. The number of hydrogen-bond acceptors (Lipinski definition) is 4. The van der Waals surface area contributed by atoms with Gasteiger partial charge in [0.15, 0.2) is 0 Å². The first kappa shape index (κ1) is 20.9. The van der Waals surface area contributed by atoms with E-state index < -0.39 is 22.0 Å². The first-order valence-corrected chi connectivity index (χ1v) is 10.2. The molecule has 1 atom stereocenters. The van der Waals surface area contributed by atoms with Crippen molar-refractivity contribution in [3.05, 3.63) is 59.7 Å². The van der Waals surface area contributed by atoms with E-state index in [9.17, 15) is 13.2 Å². The van der Waals surface area contributed by atoms with Crippen molar-refractivity contribution in [3.8, 4) is 5.75 Å². The molecule has 0 spiro atoms. The Morgan fingerprint density at radius 3 is 2.33 bits per heavy atom. The zero-order chi connectivity index (χ0) is 20.0. The van der Waals surface area contributed by atoms with E-state index in [-0.39, 0.29) is 23.0 Å². The quantitative estimate of drug-likeness (QED) is 0.725. The molecule has 27 heavy (non-hydrogen) atoms. The second-order valence-electron chi connectivity index (χ2n) is 6.54. The molecule has 2 aromatic rings. The molecule has 0 heterocycles. The highest BCUT2D eigenvalue weighted by molar-refractivity contribution is 7.89. The third-order valence-corrected chi connectivity index (χ3v) is 5.78. The molecule has 0 aromatic heterocycles. The number of rotatable bonds is 8. The number of carbonyl (C=O) groups excluding carboxylic acids is 1. The average molecular weight is 391 g/mol. The highest BCUT2D eigenvalue weighted by Crippen LogP contribution is 2.28. The zero-order valence-corrected chi connectivity index (χ0v) is 16.8. The van der Waals surface area contributed by atoms with Crippen molar-refractivity contribution in [1.82, 2.24) is 10.0 Å². The first-order chi connectivity index (χ1) is 12.8. The van der Waals surface area contributed by atoms with E-state index in [1.165, 1.54) is 14.2 Å². The van der Waals surface area contributed by atoms with Gasteiger partial charge in [0.2, 0.25) is 15.9 Å². The fourth-order valence-corrected chi connectivity index (χ4v) is 4.12. The number of amides is 1. The van der Waals surface area contributed by atoms with Crippen molar-refractivity contribution in [2.45, 2.75) is 37.1 Å². The zero-order valence-electron chi connectivity index (χ0n) is 16.0. The lowest BCUT2D eigenvalue weighted by Gasteiger charge is -2.19. The van der Waals surface area contributed by atoms with Gasteiger partial charge < -0.3 is 10.1 Å². The Labute approximate surface area is 161 Å². The second kappa shape index (κ2) is 9.01. The molecule has 0 aliphatic heterocycles. The predicted molar refractivity (Wildman–Crippen MR) is 105 cm³/mol. The van der Waals surface area contributed by atoms with Crippen LogP contribution in [0.2, 0.25) is 0 Å². The second-order valence-corrected chi connectivity index (χ2v) is 8.23. The van der Waals surface area contributed by atoms with E-state index in [4.69, 9.17) is 4.74 Å². The van der Waals surface area contributed by atoms with E-state index in [1.807, 2.05) is 50.2 Å². The van der Waals surface area contributed by atoms with Crippen molar-refractivity contribution < 1.29 is 17.9 Å². The maximum absolute atomic E-state index is 13.0. The van der Waals surface area contributed by atoms with Crippen LogP contribution in [0.1, 0.15) is 30.9 Å². The molecule has 1 unspecified atom stereocenters. The summed E-state index contributed by atoms with van der Waals surface area (Å²) < 4.78 is 33.8. The molecule has 0 radical (unpaired) electrons. The van der Waals surface area contributed by atoms with E-state index in [0.29, 0.717) is 0 Å². The third kappa shape index (κ3) is 5.30. The van der Waals surface area contributed by atoms with Crippen LogP contribution >= 0.6 is 0 Å². The molecule has 2 N–H and O–H groups in total. The van der Waals surface area contributed by atoms with Crippen molar-refractivity contribution in [2.75, 3.05) is 14.2 Å². The minimum Gasteiger partial charge on any atom is -0.495 e. The van der Waals surface area contributed by atoms with Crippen molar-refractivity contribution in [1.29, 1.82) is 0 Å². The van der Waals surface area contributed by atoms with Gasteiger partial charge in [-0.1, -0.05) is 50.2 Å². The fourth-order valence-electron chi connectivity index (χ4n) is 2.73. The van der Waals surface area contributed by atoms with Gasteiger partial charge in [-0.25, -0.2) is 8.42 Å². The van der Waals surface area contributed by atoms with Gasteiger partial charge in [0.25, 0.3) is 0 Å². The Morgan fingerprint density at radius 2 is 1.78 bits per heavy atom. The van der Waals surface area contributed by atoms with Crippen molar-refractivity contribution in [3.63, 3.8) is 0 Å². The SMILES string of the molecule is CNC(=O)C(Cc1ccccc1)NS(=O)(=O)c1cc(C(C)C)ccc1OC. The lowest BCUT2D eigenvalue weighted by molar-refractivity contribution is -0.122. The summed E-state index contributed by atoms with van der Waals surface area (Å²) >= 11 is 0. The van der Waals surface area contributed by atoms with E-state index in [1.54, 1.807) is 12.1 Å². The van der Waals surface area contributed by atoms with Gasteiger partial charge in [0, 0.05) is 7.05 Å². The fraction of sp³-hybridized carbons (Fsp3) is 0.350. The number of benzene rings is 2. The summed E-state index contributed by atoms with van der Waals surface area (Å²) in [5.74, 6) is -0.00686. The van der Waals surface area contributed by atoms with Gasteiger partial charge in [-0.05, 0) is 35.6 Å². The summed E-state index contributed by atoms with van der Waals surface area (Å²) in [4.78, 5) is 12.3. The van der Waals surface area contributed by atoms with Crippen LogP contribution in [0.3, 0.4) is 0 Å². The number of carbonyl (C=O) groups is 1. The Kier molecular flexibility index (Phi) is 6.98. The number of nitrogens with one attached hydrogen (secondary N) is 2. The van der Waals surface area contributed by atoms with Crippen LogP contribution in [0.15, 0.2) is 53.4 Å². The molecule has 0 aliphatic rings. The summed E-state index contributed by atoms with van der Waals surface area (Å²) in [5, 5.41) is 2.52. The van der Waals surface area contributed by atoms with E-state index >= 15 is 0 Å². The summed E-state index contributed by atoms with van der Waals surface area (Å²) in [7, 11) is -1.07. The average Bonchev–Trinajstić information content (AvgIpc) is 2.66. The van der Waals surface area contributed by atoms with Gasteiger partial charge in [0.1, 0.15) is 16.7 Å². The van der Waals surface area contributed by atoms with Crippen LogP contribution in [0.25, 0.3) is 0 Å². The van der Waals surface area contributed by atoms with Crippen LogP contribution in [0.4, 0.5) is 0 Å². The highest BCUT2D eigenvalue weighted by Gasteiger charge is 2.28. The Bertz CT molecular complexity index is 880. The van der Waals surface area contributed by atoms with Crippen LogP contribution in [0, 0.1) is 0 Å². The van der Waals surface area contributed by atoms with Crippen LogP contribution in [0.5, 0.6) is 5.75 Å². The molecule has 0 fully saturated rings. The number of methoxy groups -OCH3 is 1. The normalized spacial score (nSPS) is 12.6. The molecular formula is C20H26N2O4S. The monoisotopic (exact) mass is 390 g/mol. The van der Waals surface area contributed by atoms with Gasteiger partial charge in [-0.3, -0.25) is 4.79 Å². The Morgan fingerprint density at radius 1 is 1.11 bits per heavy atom. The van der Waals surface area contributed by atoms with Gasteiger partial charge in [-0.15, -0.1) is 0 Å². The smallest absolute Gasteiger partial charge is 0.245 e. The summed E-state index contributed by atoms with van der Waals surface area (Å²) in [6.07, 6.45) is 0.242. The predicted octanol–water partition coefficient (Wildman–Crippen LogP) is 2.45. The van der Waals surface area contributed by atoms with Crippen LogP contribution in [-0.2, 0) is 21.2 Å². The largest absolute Gasteiger partial charge is 0.495 e. The summed E-state index contributed by atoms with van der Waals surface area (Å²) in [6.45, 7) is 3.96. The molecule has 146 valence electrons. The molecule has 2 rings (SSSR count).